The molecule has 2 N–H and O–H groups in total. The molecule has 0 fully saturated rings. The first-order valence-electron chi connectivity index (χ1n) is 10.1. The lowest BCUT2D eigenvalue weighted by Gasteiger charge is -2.24. The maximum absolute atomic E-state index is 13.1. The van der Waals surface area contributed by atoms with Gasteiger partial charge in [-0.3, -0.25) is 29.5 Å². The second-order valence-corrected chi connectivity index (χ2v) is 7.52. The fraction of sp³-hybridized carbons (Fsp3) is 0.217. The van der Waals surface area contributed by atoms with Gasteiger partial charge in [0.1, 0.15) is 0 Å². The molecular weight excluding hydrogens is 430 g/mol. The zero-order valence-corrected chi connectivity index (χ0v) is 17.7. The Morgan fingerprint density at radius 3 is 2.48 bits per heavy atom. The summed E-state index contributed by atoms with van der Waals surface area (Å²) in [6.45, 7) is 2.02. The van der Waals surface area contributed by atoms with Crippen LogP contribution in [0.1, 0.15) is 44.4 Å². The van der Waals surface area contributed by atoms with Crippen molar-refractivity contribution in [2.45, 2.75) is 19.4 Å². The number of imide groups is 1. The summed E-state index contributed by atoms with van der Waals surface area (Å²) in [5.41, 5.74) is 1.49. The van der Waals surface area contributed by atoms with Crippen molar-refractivity contribution in [2.24, 2.45) is 5.10 Å². The molecule has 0 spiro atoms. The highest BCUT2D eigenvalue weighted by molar-refractivity contribution is 6.24. The van der Waals surface area contributed by atoms with Gasteiger partial charge in [0.2, 0.25) is 10.9 Å². The smallest absolute Gasteiger partial charge is 0.335 e. The molecule has 10 heteroatoms. The second-order valence-electron chi connectivity index (χ2n) is 7.52. The lowest BCUT2D eigenvalue weighted by Crippen LogP contribution is -2.42. The molecule has 0 saturated carbocycles. The summed E-state index contributed by atoms with van der Waals surface area (Å²) in [4.78, 5) is 63.6. The number of carboxylic acid groups (broad SMARTS) is 1. The standard InChI is InChI=1S/C23H19N3O7/c1-3-12(10-33-2)26-21(29)14-5-4-6-16(17(14)22(26)30)24-25-18-19(27)13-8-7-11(23(31)32)9-15(13)20(18)28/h4-9,12,24H,3,10H2,1-2H3,(H,31,32). The van der Waals surface area contributed by atoms with E-state index in [2.05, 4.69) is 10.5 Å². The number of anilines is 1. The molecule has 1 aliphatic rings. The van der Waals surface area contributed by atoms with Crippen LogP contribution < -0.4 is 21.6 Å². The molecule has 4 rings (SSSR count). The van der Waals surface area contributed by atoms with E-state index in [-0.39, 0.29) is 39.8 Å². The van der Waals surface area contributed by atoms with Gasteiger partial charge in [-0.25, -0.2) is 4.79 Å². The number of carboxylic acids is 1. The highest BCUT2D eigenvalue weighted by Crippen LogP contribution is 2.31. The van der Waals surface area contributed by atoms with Crippen LogP contribution >= 0.6 is 0 Å². The third-order valence-electron chi connectivity index (χ3n) is 5.62. The van der Waals surface area contributed by atoms with E-state index < -0.39 is 40.0 Å². The van der Waals surface area contributed by atoms with Crippen molar-refractivity contribution < 1.29 is 24.2 Å². The van der Waals surface area contributed by atoms with Crippen LogP contribution in [0.25, 0.3) is 10.8 Å². The van der Waals surface area contributed by atoms with Crippen molar-refractivity contribution >= 4 is 34.2 Å². The maximum Gasteiger partial charge on any atom is 0.335 e. The highest BCUT2D eigenvalue weighted by atomic mass is 16.5. The van der Waals surface area contributed by atoms with Gasteiger partial charge in [0.25, 0.3) is 11.8 Å². The van der Waals surface area contributed by atoms with Crippen LogP contribution in [0.3, 0.4) is 0 Å². The van der Waals surface area contributed by atoms with E-state index in [0.717, 1.165) is 11.0 Å². The number of benzene rings is 2. The molecule has 1 unspecified atom stereocenters. The van der Waals surface area contributed by atoms with E-state index in [9.17, 15) is 24.0 Å². The predicted molar refractivity (Wildman–Crippen MR) is 118 cm³/mol. The summed E-state index contributed by atoms with van der Waals surface area (Å²) in [6.07, 6.45) is 0.504. The topological polar surface area (TPSA) is 142 Å². The Kier molecular flexibility index (Phi) is 5.60. The molecule has 10 nitrogen and oxygen atoms in total. The van der Waals surface area contributed by atoms with E-state index in [1.54, 1.807) is 6.07 Å². The van der Waals surface area contributed by atoms with Crippen LogP contribution in [0.5, 0.6) is 0 Å². The Balaban J connectivity index is 1.77. The van der Waals surface area contributed by atoms with Crippen LogP contribution in [0.15, 0.2) is 51.1 Å². The van der Waals surface area contributed by atoms with Gasteiger partial charge in [-0.2, -0.15) is 5.10 Å². The Morgan fingerprint density at radius 1 is 1.09 bits per heavy atom. The average molecular weight is 449 g/mol. The first-order valence-corrected chi connectivity index (χ1v) is 10.1. The minimum atomic E-state index is -1.23. The van der Waals surface area contributed by atoms with Crippen LogP contribution in [-0.4, -0.2) is 47.5 Å². The number of aromatic carboxylic acids is 1. The summed E-state index contributed by atoms with van der Waals surface area (Å²) >= 11 is 0. The molecule has 3 aromatic carbocycles. The quantitative estimate of drug-likeness (QED) is 0.403. The second kappa shape index (κ2) is 8.40. The van der Waals surface area contributed by atoms with Crippen molar-refractivity contribution in [1.29, 1.82) is 0 Å². The lowest BCUT2D eigenvalue weighted by molar-refractivity contribution is 0.0466. The number of hydrogen-bond donors (Lipinski definition) is 2. The Hall–Kier alpha value is -4.18. The van der Waals surface area contributed by atoms with Gasteiger partial charge in [-0.05, 0) is 36.8 Å². The van der Waals surface area contributed by atoms with Gasteiger partial charge in [-0.15, -0.1) is 0 Å². The molecule has 168 valence electrons. The number of fused-ring (bicyclic) bond motifs is 2. The third-order valence-corrected chi connectivity index (χ3v) is 5.62. The minimum absolute atomic E-state index is 0.0478. The predicted octanol–water partition coefficient (Wildman–Crippen LogP) is 1.08. The number of nitrogens with one attached hydrogen (secondary N) is 1. The molecule has 3 aromatic rings. The molecule has 0 aliphatic carbocycles. The maximum atomic E-state index is 13.1. The molecule has 0 radical (unpaired) electrons. The van der Waals surface area contributed by atoms with Crippen LogP contribution in [0.4, 0.5) is 5.69 Å². The van der Waals surface area contributed by atoms with Gasteiger partial charge >= 0.3 is 5.97 Å². The molecule has 0 saturated heterocycles. The SMILES string of the molecule is CCC(COC)N1C(=O)c2cccc(NN=c3c(=O)c4ccc(C(=O)O)cc4c3=O)c2C1=O. The largest absolute Gasteiger partial charge is 0.478 e. The molecule has 0 bridgehead atoms. The number of carbonyl (C=O) groups is 3. The van der Waals surface area contributed by atoms with E-state index in [1.165, 1.54) is 31.4 Å². The van der Waals surface area contributed by atoms with Crippen LogP contribution in [0, 0.1) is 0 Å². The van der Waals surface area contributed by atoms with Crippen molar-refractivity contribution in [3.05, 3.63) is 78.9 Å². The Labute approximate surface area is 186 Å². The molecular formula is C23H19N3O7. The van der Waals surface area contributed by atoms with E-state index >= 15 is 0 Å². The fourth-order valence-corrected chi connectivity index (χ4v) is 3.93. The average Bonchev–Trinajstić information content (AvgIpc) is 3.20. The molecule has 2 amide bonds. The minimum Gasteiger partial charge on any atom is -0.478 e. The van der Waals surface area contributed by atoms with Gasteiger partial charge in [0, 0.05) is 17.9 Å². The molecule has 1 aliphatic heterocycles. The Morgan fingerprint density at radius 2 is 1.82 bits per heavy atom. The lowest BCUT2D eigenvalue weighted by atomic mass is 10.1. The normalized spacial score (nSPS) is 14.7. The van der Waals surface area contributed by atoms with E-state index in [4.69, 9.17) is 9.84 Å². The number of rotatable bonds is 7. The van der Waals surface area contributed by atoms with E-state index in [0.29, 0.717) is 6.42 Å². The molecule has 33 heavy (non-hydrogen) atoms. The summed E-state index contributed by atoms with van der Waals surface area (Å²) in [5.74, 6) is -2.22. The Bertz CT molecular complexity index is 1470. The summed E-state index contributed by atoms with van der Waals surface area (Å²) in [5, 5.41) is 12.6. The summed E-state index contributed by atoms with van der Waals surface area (Å²) < 4.78 is 5.13. The number of amides is 2. The number of methoxy groups -OCH3 is 1. The van der Waals surface area contributed by atoms with Gasteiger partial charge in [0.15, 0.2) is 5.36 Å². The highest BCUT2D eigenvalue weighted by Gasteiger charge is 2.41. The monoisotopic (exact) mass is 449 g/mol. The van der Waals surface area contributed by atoms with Gasteiger partial charge in [0.05, 0.1) is 35.0 Å². The van der Waals surface area contributed by atoms with Crippen molar-refractivity contribution in [3.63, 3.8) is 0 Å². The number of carbonyl (C=O) groups excluding carboxylic acids is 2. The summed E-state index contributed by atoms with van der Waals surface area (Å²) in [7, 11) is 1.48. The number of hydrogen-bond acceptors (Lipinski definition) is 8. The number of ether oxygens (including phenoxy) is 1. The first-order chi connectivity index (χ1) is 15.8. The van der Waals surface area contributed by atoms with Crippen molar-refractivity contribution in [3.8, 4) is 0 Å². The van der Waals surface area contributed by atoms with E-state index in [1.807, 2.05) is 6.92 Å². The summed E-state index contributed by atoms with van der Waals surface area (Å²) in [6, 6.07) is 7.76. The molecule has 1 atom stereocenters. The van der Waals surface area contributed by atoms with Gasteiger partial charge < -0.3 is 9.84 Å². The van der Waals surface area contributed by atoms with Crippen molar-refractivity contribution in [1.82, 2.24) is 4.90 Å². The first kappa shape index (κ1) is 22.0. The zero-order valence-electron chi connectivity index (χ0n) is 17.7. The number of nitrogens with zero attached hydrogens (tertiary/aromatic N) is 2. The van der Waals surface area contributed by atoms with Crippen LogP contribution in [-0.2, 0) is 4.74 Å². The van der Waals surface area contributed by atoms with Crippen LogP contribution in [0.2, 0.25) is 0 Å². The zero-order chi connectivity index (χ0) is 23.9. The van der Waals surface area contributed by atoms with Crippen molar-refractivity contribution in [2.75, 3.05) is 19.1 Å². The molecule has 0 aromatic heterocycles. The molecule has 1 heterocycles. The fourth-order valence-electron chi connectivity index (χ4n) is 3.93. The van der Waals surface area contributed by atoms with Gasteiger partial charge in [-0.1, -0.05) is 13.0 Å². The third kappa shape index (κ3) is 3.50.